The van der Waals surface area contributed by atoms with E-state index in [9.17, 15) is 14.4 Å². The van der Waals surface area contributed by atoms with Crippen molar-refractivity contribution in [2.24, 2.45) is 0 Å². The van der Waals surface area contributed by atoms with Gasteiger partial charge in [-0.2, -0.15) is 0 Å². The van der Waals surface area contributed by atoms with Gasteiger partial charge >= 0.3 is 6.09 Å². The van der Waals surface area contributed by atoms with Crippen molar-refractivity contribution in [1.82, 2.24) is 5.32 Å². The minimum atomic E-state index is -0.623. The number of ether oxygens (including phenoxy) is 1. The zero-order chi connectivity index (χ0) is 22.9. The zero-order valence-corrected chi connectivity index (χ0v) is 18.1. The molecule has 33 heavy (non-hydrogen) atoms. The number of ketones is 1. The summed E-state index contributed by atoms with van der Waals surface area (Å²) >= 11 is 0. The van der Waals surface area contributed by atoms with Crippen LogP contribution in [0.5, 0.6) is 0 Å². The summed E-state index contributed by atoms with van der Waals surface area (Å²) in [6.07, 6.45) is 2.97. The van der Waals surface area contributed by atoms with E-state index in [0.717, 1.165) is 16.7 Å². The Kier molecular flexibility index (Phi) is 5.26. The number of rotatable bonds is 5. The number of carbonyl (C=O) groups is 3. The molecule has 5 rings (SSSR count). The maximum atomic E-state index is 12.3. The fourth-order valence-corrected chi connectivity index (χ4v) is 4.55. The fraction of sp³-hybridized carbons (Fsp3) is 0.148. The van der Waals surface area contributed by atoms with Crippen LogP contribution in [0.4, 0.5) is 10.5 Å². The van der Waals surface area contributed by atoms with Crippen LogP contribution >= 0.6 is 0 Å². The van der Waals surface area contributed by atoms with Gasteiger partial charge in [-0.15, -0.1) is 0 Å². The van der Waals surface area contributed by atoms with Gasteiger partial charge in [0.2, 0.25) is 0 Å². The summed E-state index contributed by atoms with van der Waals surface area (Å²) in [4.78, 5) is 36.2. The Hall–Kier alpha value is -4.19. The Morgan fingerprint density at radius 3 is 2.36 bits per heavy atom. The second kappa shape index (κ2) is 8.39. The highest BCUT2D eigenvalue weighted by Gasteiger charge is 2.31. The highest BCUT2D eigenvalue weighted by Crippen LogP contribution is 2.44. The largest absolute Gasteiger partial charge is 0.449 e. The van der Waals surface area contributed by atoms with Crippen LogP contribution in [0.3, 0.4) is 0 Å². The third-order valence-corrected chi connectivity index (χ3v) is 6.14. The molecule has 2 aliphatic rings. The van der Waals surface area contributed by atoms with Gasteiger partial charge in [-0.3, -0.25) is 9.59 Å². The van der Waals surface area contributed by atoms with E-state index < -0.39 is 17.8 Å². The van der Waals surface area contributed by atoms with Crippen LogP contribution in [0.1, 0.15) is 38.5 Å². The Labute approximate surface area is 191 Å². The summed E-state index contributed by atoms with van der Waals surface area (Å²) in [7, 11) is 0. The third-order valence-electron chi connectivity index (χ3n) is 6.14. The molecule has 0 radical (unpaired) electrons. The number of alkyl carbamates (subject to hydrolysis) is 1. The first kappa shape index (κ1) is 20.7. The number of hydrogen-bond donors (Lipinski definition) is 2. The first-order chi connectivity index (χ1) is 16.0. The Bertz CT molecular complexity index is 1280. The lowest BCUT2D eigenvalue weighted by atomic mass is 9.98. The van der Waals surface area contributed by atoms with Gasteiger partial charge in [-0.25, -0.2) is 4.79 Å². The van der Waals surface area contributed by atoms with Gasteiger partial charge in [0.1, 0.15) is 6.61 Å². The van der Waals surface area contributed by atoms with Gasteiger partial charge < -0.3 is 15.4 Å². The van der Waals surface area contributed by atoms with Crippen LogP contribution in [-0.4, -0.2) is 30.9 Å². The lowest BCUT2D eigenvalue weighted by Crippen LogP contribution is -2.26. The number of amides is 2. The predicted molar refractivity (Wildman–Crippen MR) is 126 cm³/mol. The van der Waals surface area contributed by atoms with Crippen LogP contribution in [0, 0.1) is 6.92 Å². The normalized spacial score (nSPS) is 14.1. The molecular formula is C27H22N2O4. The topological polar surface area (TPSA) is 84.5 Å². The van der Waals surface area contributed by atoms with Crippen LogP contribution in [0.15, 0.2) is 66.7 Å². The second-order valence-corrected chi connectivity index (χ2v) is 8.11. The number of aryl methyl sites for hydroxylation is 1. The number of Topliss-reactive ketones (excluding diaryl/α,β-unsaturated/α-hetero) is 1. The molecule has 0 saturated carbocycles. The average Bonchev–Trinajstić information content (AvgIpc) is 3.30. The predicted octanol–water partition coefficient (Wildman–Crippen LogP) is 4.68. The van der Waals surface area contributed by atoms with Gasteiger partial charge in [0.25, 0.3) is 11.7 Å². The number of hydrogen-bond acceptors (Lipinski definition) is 4. The molecule has 6 heteroatoms. The van der Waals surface area contributed by atoms with E-state index in [4.69, 9.17) is 4.74 Å². The van der Waals surface area contributed by atoms with Crippen LogP contribution in [0.25, 0.3) is 17.2 Å². The summed E-state index contributed by atoms with van der Waals surface area (Å²) in [6, 6.07) is 19.9. The van der Waals surface area contributed by atoms with E-state index in [2.05, 4.69) is 34.9 Å². The number of anilines is 1. The van der Waals surface area contributed by atoms with E-state index in [1.807, 2.05) is 37.3 Å². The Balaban J connectivity index is 1.21. The van der Waals surface area contributed by atoms with E-state index in [1.165, 1.54) is 11.1 Å². The van der Waals surface area contributed by atoms with E-state index in [1.54, 1.807) is 18.2 Å². The van der Waals surface area contributed by atoms with Crippen molar-refractivity contribution in [2.75, 3.05) is 18.5 Å². The summed E-state index contributed by atoms with van der Waals surface area (Å²) in [5.41, 5.74) is 7.11. The molecule has 1 heterocycles. The van der Waals surface area contributed by atoms with Crippen molar-refractivity contribution >= 4 is 29.5 Å². The third kappa shape index (κ3) is 3.69. The van der Waals surface area contributed by atoms with Crippen molar-refractivity contribution < 1.29 is 19.1 Å². The molecule has 3 aromatic carbocycles. The summed E-state index contributed by atoms with van der Waals surface area (Å²) in [5.74, 6) is -1.16. The Morgan fingerprint density at radius 1 is 1.00 bits per heavy atom. The molecule has 0 saturated heterocycles. The van der Waals surface area contributed by atoms with Crippen molar-refractivity contribution in [2.45, 2.75) is 12.8 Å². The molecule has 3 aromatic rings. The van der Waals surface area contributed by atoms with Gasteiger partial charge in [-0.1, -0.05) is 66.7 Å². The van der Waals surface area contributed by atoms with Crippen LogP contribution in [-0.2, 0) is 9.53 Å². The van der Waals surface area contributed by atoms with Gasteiger partial charge in [0.15, 0.2) is 0 Å². The molecule has 164 valence electrons. The summed E-state index contributed by atoms with van der Waals surface area (Å²) in [5, 5.41) is 5.29. The molecule has 0 spiro atoms. The molecule has 0 fully saturated rings. The van der Waals surface area contributed by atoms with Gasteiger partial charge in [-0.05, 0) is 46.4 Å². The SMILES string of the molecule is Cc1ccc2c(c1C=CCNC(=O)OCC1c3ccccc3-c3ccccc31)C(=O)C(=O)N2. The maximum Gasteiger partial charge on any atom is 0.407 e. The minimum absolute atomic E-state index is 0.00398. The molecule has 2 amide bonds. The molecule has 0 unspecified atom stereocenters. The van der Waals surface area contributed by atoms with Gasteiger partial charge in [0, 0.05) is 12.5 Å². The highest BCUT2D eigenvalue weighted by molar-refractivity contribution is 6.52. The van der Waals surface area contributed by atoms with E-state index in [-0.39, 0.29) is 19.1 Å². The molecule has 0 bridgehead atoms. The van der Waals surface area contributed by atoms with E-state index >= 15 is 0 Å². The quantitative estimate of drug-likeness (QED) is 0.567. The van der Waals surface area contributed by atoms with Crippen LogP contribution in [0.2, 0.25) is 0 Å². The summed E-state index contributed by atoms with van der Waals surface area (Å²) < 4.78 is 5.53. The first-order valence-electron chi connectivity index (χ1n) is 10.8. The molecule has 6 nitrogen and oxygen atoms in total. The van der Waals surface area contributed by atoms with E-state index in [0.29, 0.717) is 16.8 Å². The molecular weight excluding hydrogens is 416 g/mol. The highest BCUT2D eigenvalue weighted by atomic mass is 16.5. The first-order valence-corrected chi connectivity index (χ1v) is 10.8. The Morgan fingerprint density at radius 2 is 1.67 bits per heavy atom. The number of nitrogens with one attached hydrogen (secondary N) is 2. The molecule has 2 N–H and O–H groups in total. The monoisotopic (exact) mass is 438 g/mol. The van der Waals surface area contributed by atoms with Crippen molar-refractivity contribution in [1.29, 1.82) is 0 Å². The molecule has 1 aliphatic heterocycles. The number of fused-ring (bicyclic) bond motifs is 4. The van der Waals surface area contributed by atoms with Gasteiger partial charge in [0.05, 0.1) is 11.3 Å². The number of carbonyl (C=O) groups excluding carboxylic acids is 3. The standard InChI is InChI=1S/C27H22N2O4/c1-16-12-13-23-24(25(30)26(31)29-23)17(16)11-6-14-28-27(32)33-15-22-20-9-4-2-7-18(20)19-8-3-5-10-21(19)22/h2-13,22H,14-15H2,1H3,(H,28,32)(H,29,30,31). The number of benzene rings is 3. The lowest BCUT2D eigenvalue weighted by Gasteiger charge is -2.14. The average molecular weight is 438 g/mol. The molecule has 0 atom stereocenters. The zero-order valence-electron chi connectivity index (χ0n) is 18.1. The van der Waals surface area contributed by atoms with Crippen molar-refractivity contribution in [3.63, 3.8) is 0 Å². The van der Waals surface area contributed by atoms with Crippen molar-refractivity contribution in [3.8, 4) is 11.1 Å². The fourth-order valence-electron chi connectivity index (χ4n) is 4.55. The minimum Gasteiger partial charge on any atom is -0.449 e. The lowest BCUT2D eigenvalue weighted by molar-refractivity contribution is -0.112. The maximum absolute atomic E-state index is 12.3. The summed E-state index contributed by atoms with van der Waals surface area (Å²) in [6.45, 7) is 2.35. The van der Waals surface area contributed by atoms with Crippen LogP contribution < -0.4 is 10.6 Å². The van der Waals surface area contributed by atoms with Crippen molar-refractivity contribution in [3.05, 3.63) is 94.6 Å². The molecule has 0 aromatic heterocycles. The smallest absolute Gasteiger partial charge is 0.407 e. The molecule has 1 aliphatic carbocycles. The second-order valence-electron chi connectivity index (χ2n) is 8.11.